The first-order chi connectivity index (χ1) is 32.8. The van der Waals surface area contributed by atoms with E-state index in [4.69, 9.17) is 19.9 Å². The number of imidazole rings is 1. The minimum absolute atomic E-state index is 0.0977. The van der Waals surface area contributed by atoms with E-state index in [0.717, 1.165) is 84.0 Å². The fraction of sp³-hybridized carbons (Fsp3) is 0.131. The lowest BCUT2D eigenvalue weighted by Gasteiger charge is -2.38. The van der Waals surface area contributed by atoms with Gasteiger partial charge in [-0.25, -0.2) is 0 Å². The van der Waals surface area contributed by atoms with Crippen LogP contribution < -0.4 is 4.57 Å². The van der Waals surface area contributed by atoms with Crippen LogP contribution in [0.1, 0.15) is 87.7 Å². The summed E-state index contributed by atoms with van der Waals surface area (Å²) in [5.41, 5.74) is 17.6. The van der Waals surface area contributed by atoms with Crippen molar-refractivity contribution in [1.82, 2.24) is 24.5 Å². The Labute approximate surface area is 391 Å². The molecule has 0 saturated carbocycles. The molecular weight excluding hydrogens is 817 g/mol. The highest BCUT2D eigenvalue weighted by Gasteiger charge is 2.53. The molecule has 0 saturated heterocycles. The Hall–Kier alpha value is -8.09. The highest BCUT2D eigenvalue weighted by atomic mass is 15.2. The van der Waals surface area contributed by atoms with Crippen molar-refractivity contribution in [3.05, 3.63) is 280 Å². The summed E-state index contributed by atoms with van der Waals surface area (Å²) in [6.45, 7) is 6.82. The van der Waals surface area contributed by atoms with Crippen LogP contribution in [0.15, 0.2) is 207 Å². The Balaban J connectivity index is 1.13. The number of pyridine rings is 4. The third-order valence-electron chi connectivity index (χ3n) is 14.9. The second-order valence-corrected chi connectivity index (χ2v) is 19.3. The van der Waals surface area contributed by atoms with Crippen LogP contribution in [-0.2, 0) is 28.8 Å². The predicted octanol–water partition coefficient (Wildman–Crippen LogP) is 11.5. The zero-order valence-corrected chi connectivity index (χ0v) is 37.8. The summed E-state index contributed by atoms with van der Waals surface area (Å²) in [4.78, 5) is 20.7. The molecular formula is C61H46N6. The molecule has 0 amide bonds. The lowest BCUT2D eigenvalue weighted by Crippen LogP contribution is -2.38. The fourth-order valence-corrected chi connectivity index (χ4v) is 12.1. The summed E-state index contributed by atoms with van der Waals surface area (Å²) in [5, 5.41) is 0. The van der Waals surface area contributed by atoms with Gasteiger partial charge in [0.15, 0.2) is 5.54 Å². The van der Waals surface area contributed by atoms with E-state index in [2.05, 4.69) is 214 Å². The monoisotopic (exact) mass is 862 g/mol. The lowest BCUT2D eigenvalue weighted by atomic mass is 9.64. The van der Waals surface area contributed by atoms with Crippen LogP contribution in [0.3, 0.4) is 0 Å². The van der Waals surface area contributed by atoms with Crippen molar-refractivity contribution in [3.63, 3.8) is 0 Å². The van der Waals surface area contributed by atoms with Gasteiger partial charge in [-0.15, -0.1) is 0 Å². The van der Waals surface area contributed by atoms with Crippen molar-refractivity contribution in [2.24, 2.45) is 7.05 Å². The van der Waals surface area contributed by atoms with Crippen molar-refractivity contribution in [2.75, 3.05) is 0 Å². The van der Waals surface area contributed by atoms with E-state index in [1.807, 2.05) is 36.4 Å². The normalized spacial score (nSPS) is 19.5. The van der Waals surface area contributed by atoms with Crippen molar-refractivity contribution in [1.29, 1.82) is 0 Å². The van der Waals surface area contributed by atoms with Gasteiger partial charge in [0.05, 0.1) is 40.7 Å². The maximum Gasteiger partial charge on any atom is 0.204 e. The van der Waals surface area contributed by atoms with Crippen LogP contribution in [0.4, 0.5) is 0 Å². The maximum atomic E-state index is 5.34. The molecule has 3 unspecified atom stereocenters. The van der Waals surface area contributed by atoms with Crippen molar-refractivity contribution in [2.45, 2.75) is 42.6 Å². The highest BCUT2D eigenvalue weighted by Crippen LogP contribution is 2.60. The van der Waals surface area contributed by atoms with E-state index < -0.39 is 16.4 Å². The van der Waals surface area contributed by atoms with E-state index in [-0.39, 0.29) is 5.41 Å². The molecule has 10 aromatic rings. The third kappa shape index (κ3) is 5.18. The molecule has 0 spiro atoms. The van der Waals surface area contributed by atoms with Crippen LogP contribution >= 0.6 is 0 Å². The molecule has 320 valence electrons. The summed E-state index contributed by atoms with van der Waals surface area (Å²) in [6.07, 6.45) is 15.6. The van der Waals surface area contributed by atoms with Gasteiger partial charge in [-0.05, 0) is 98.7 Å². The molecule has 0 bridgehead atoms. The second-order valence-electron chi connectivity index (χ2n) is 19.3. The SMILES string of the molecule is C[n+]1[c-]n(C2(c3cccc(C4(c5cccc(C6(c7cc(C(C)(C)C)ccn7)c7ccccc7-c7ncccc76)c5)c5ccccc5-c5ncccc54)c3)c3ccccc3-c3ncccc32)cc1. The van der Waals surface area contributed by atoms with Gasteiger partial charge in [0.25, 0.3) is 0 Å². The van der Waals surface area contributed by atoms with E-state index in [1.54, 1.807) is 0 Å². The predicted molar refractivity (Wildman–Crippen MR) is 263 cm³/mol. The summed E-state index contributed by atoms with van der Waals surface area (Å²) in [5.74, 6) is 0. The first-order valence-corrected chi connectivity index (χ1v) is 23.1. The molecule has 0 N–H and O–H groups in total. The highest BCUT2D eigenvalue weighted by molar-refractivity contribution is 5.87. The third-order valence-corrected chi connectivity index (χ3v) is 14.9. The number of fused-ring (bicyclic) bond motifs is 9. The van der Waals surface area contributed by atoms with Gasteiger partial charge in [-0.2, -0.15) is 0 Å². The zero-order chi connectivity index (χ0) is 45.1. The van der Waals surface area contributed by atoms with Gasteiger partial charge in [0.1, 0.15) is 0 Å². The zero-order valence-electron chi connectivity index (χ0n) is 37.8. The topological polar surface area (TPSA) is 60.4 Å². The van der Waals surface area contributed by atoms with Crippen LogP contribution in [0.2, 0.25) is 0 Å². The fourth-order valence-electron chi connectivity index (χ4n) is 12.1. The molecule has 0 fully saturated rings. The quantitative estimate of drug-likeness (QED) is 0.123. The average molecular weight is 863 g/mol. The number of hydrogen-bond acceptors (Lipinski definition) is 4. The smallest absolute Gasteiger partial charge is 0.204 e. The van der Waals surface area contributed by atoms with Gasteiger partial charge in [0.2, 0.25) is 6.33 Å². The number of benzene rings is 5. The molecule has 3 aliphatic carbocycles. The molecule has 0 aliphatic heterocycles. The van der Waals surface area contributed by atoms with E-state index in [9.17, 15) is 0 Å². The summed E-state index contributed by atoms with van der Waals surface area (Å²) < 4.78 is 4.25. The maximum absolute atomic E-state index is 5.34. The summed E-state index contributed by atoms with van der Waals surface area (Å²) in [6, 6.07) is 62.5. The Morgan fingerprint density at radius 1 is 0.448 bits per heavy atom. The molecule has 5 heterocycles. The lowest BCUT2D eigenvalue weighted by molar-refractivity contribution is -0.675. The Morgan fingerprint density at radius 3 is 1.52 bits per heavy atom. The minimum Gasteiger partial charge on any atom is -0.354 e. The molecule has 13 rings (SSSR count). The summed E-state index contributed by atoms with van der Waals surface area (Å²) in [7, 11) is 2.03. The first-order valence-electron chi connectivity index (χ1n) is 23.1. The Bertz CT molecular complexity index is 3490. The van der Waals surface area contributed by atoms with Crippen molar-refractivity contribution < 1.29 is 4.57 Å². The summed E-state index contributed by atoms with van der Waals surface area (Å²) >= 11 is 0. The number of aromatic nitrogens is 6. The average Bonchev–Trinajstić information content (AvgIpc) is 4.11. The number of rotatable bonds is 6. The van der Waals surface area contributed by atoms with Gasteiger partial charge in [-0.3, -0.25) is 19.9 Å². The van der Waals surface area contributed by atoms with Crippen LogP contribution in [0.5, 0.6) is 0 Å². The molecule has 0 radical (unpaired) electrons. The van der Waals surface area contributed by atoms with Crippen LogP contribution in [0, 0.1) is 6.33 Å². The molecule has 3 aliphatic rings. The van der Waals surface area contributed by atoms with Crippen LogP contribution in [-0.4, -0.2) is 24.5 Å². The van der Waals surface area contributed by atoms with Crippen molar-refractivity contribution in [3.8, 4) is 33.8 Å². The van der Waals surface area contributed by atoms with E-state index in [1.165, 1.54) is 16.7 Å². The standard InChI is InChI=1S/C61H46N6/c1-58(2,3)40-29-33-62-54(38-40)60(49-24-9-6-21-46(49)56-52(60)27-14-31-64-56)43-18-11-16-41(36-43)59(48-23-8-5-20-45(48)55-51(59)26-13-30-63-55)42-17-12-19-44(37-42)61(67-35-34-66(4)39-67)50-25-10-7-22-47(50)57-53(61)28-15-32-65-57/h5-38H,1-4H3. The molecule has 5 aromatic carbocycles. The van der Waals surface area contributed by atoms with Gasteiger partial charge >= 0.3 is 0 Å². The number of nitrogens with zero attached hydrogens (tertiary/aromatic N) is 6. The van der Waals surface area contributed by atoms with Crippen molar-refractivity contribution >= 4 is 0 Å². The molecule has 6 nitrogen and oxygen atoms in total. The minimum atomic E-state index is -0.786. The van der Waals surface area contributed by atoms with Gasteiger partial charge < -0.3 is 9.13 Å². The molecule has 67 heavy (non-hydrogen) atoms. The Morgan fingerprint density at radius 2 is 0.925 bits per heavy atom. The molecule has 3 atom stereocenters. The number of hydrogen-bond donors (Lipinski definition) is 0. The first kappa shape index (κ1) is 39.3. The van der Waals surface area contributed by atoms with E-state index >= 15 is 0 Å². The molecule has 6 heteroatoms. The largest absolute Gasteiger partial charge is 0.354 e. The Kier molecular flexibility index (Phi) is 8.33. The second kappa shape index (κ2) is 14.2. The van der Waals surface area contributed by atoms with Gasteiger partial charge in [-0.1, -0.05) is 154 Å². The van der Waals surface area contributed by atoms with Crippen LogP contribution in [0.25, 0.3) is 33.8 Å². The number of aryl methyl sites for hydroxylation is 1. The van der Waals surface area contributed by atoms with E-state index in [0.29, 0.717) is 0 Å². The molecule has 5 aromatic heterocycles. The van der Waals surface area contributed by atoms with Gasteiger partial charge in [0, 0.05) is 58.2 Å².